The molecule has 2 unspecified atom stereocenters. The van der Waals surface area contributed by atoms with E-state index in [0.717, 1.165) is 51.0 Å². The Kier molecular flexibility index (Phi) is 9.68. The van der Waals surface area contributed by atoms with Crippen LogP contribution in [0.3, 0.4) is 0 Å². The van der Waals surface area contributed by atoms with Crippen molar-refractivity contribution in [2.24, 2.45) is 0 Å². The summed E-state index contributed by atoms with van der Waals surface area (Å²) in [5, 5.41) is 0. The van der Waals surface area contributed by atoms with Crippen molar-refractivity contribution in [1.82, 2.24) is 20.3 Å². The van der Waals surface area contributed by atoms with E-state index in [1.807, 2.05) is 42.5 Å². The molecule has 0 aliphatic carbocycles. The second kappa shape index (κ2) is 14.0. The average molecular weight is 548 g/mol. The lowest BCUT2D eigenvalue weighted by molar-refractivity contribution is -0.186. The molecule has 2 atom stereocenters. The molecule has 3 aromatic rings. The fourth-order valence-electron chi connectivity index (χ4n) is 4.58. The van der Waals surface area contributed by atoms with Crippen LogP contribution in [-0.4, -0.2) is 72.5 Å². The van der Waals surface area contributed by atoms with Crippen molar-refractivity contribution >= 4 is 17.9 Å². The molecule has 2 aliphatic rings. The number of hydrogen-bond donors (Lipinski definition) is 1. The topological polar surface area (TPSA) is 89.1 Å². The largest absolute Gasteiger partial charge is 0.485 e. The average Bonchev–Trinajstić information content (AvgIpc) is 3.01. The molecule has 5 rings (SSSR count). The Labute approximate surface area is 233 Å². The van der Waals surface area contributed by atoms with Crippen molar-refractivity contribution in [2.75, 3.05) is 44.2 Å². The predicted octanol–water partition coefficient (Wildman–Crippen LogP) is 4.09. The zero-order valence-electron chi connectivity index (χ0n) is 22.3. The summed E-state index contributed by atoms with van der Waals surface area (Å²) >= 11 is 0. The van der Waals surface area contributed by atoms with Crippen molar-refractivity contribution in [3.63, 3.8) is 0 Å². The maximum atomic E-state index is 13.4. The van der Waals surface area contributed by atoms with Gasteiger partial charge in [0, 0.05) is 58.1 Å². The Bertz CT molecular complexity index is 1230. The third-order valence-electron chi connectivity index (χ3n) is 6.82. The minimum Gasteiger partial charge on any atom is -0.485 e. The van der Waals surface area contributed by atoms with Crippen molar-refractivity contribution in [3.05, 3.63) is 90.0 Å². The monoisotopic (exact) mass is 547 g/mol. The molecule has 10 heteroatoms. The Balaban J connectivity index is 1.13. The fourth-order valence-corrected chi connectivity index (χ4v) is 4.58. The molecule has 2 aliphatic heterocycles. The first kappa shape index (κ1) is 27.7. The number of hydroxylamine groups is 1. The number of rotatable bonds is 10. The van der Waals surface area contributed by atoms with Crippen LogP contribution in [0.5, 0.6) is 5.75 Å². The van der Waals surface area contributed by atoms with Gasteiger partial charge in [-0.15, -0.1) is 0 Å². The van der Waals surface area contributed by atoms with Crippen molar-refractivity contribution in [1.29, 1.82) is 0 Å². The van der Waals surface area contributed by atoms with E-state index in [-0.39, 0.29) is 11.9 Å². The van der Waals surface area contributed by atoms with E-state index in [1.54, 1.807) is 12.1 Å². The second-order valence-corrected chi connectivity index (χ2v) is 9.78. The van der Waals surface area contributed by atoms with Crippen LogP contribution in [-0.2, 0) is 9.57 Å². The maximum Gasteiger partial charge on any atom is 0.278 e. The molecule has 0 radical (unpaired) electrons. The number of benzene rings is 2. The van der Waals surface area contributed by atoms with Gasteiger partial charge in [0.2, 0.25) is 5.95 Å². The van der Waals surface area contributed by atoms with E-state index in [9.17, 15) is 9.18 Å². The lowest BCUT2D eigenvalue weighted by Gasteiger charge is -2.36. The van der Waals surface area contributed by atoms with Gasteiger partial charge in [0.15, 0.2) is 6.29 Å². The summed E-state index contributed by atoms with van der Waals surface area (Å²) in [4.78, 5) is 31.0. The van der Waals surface area contributed by atoms with Gasteiger partial charge in [-0.2, -0.15) is 0 Å². The Morgan fingerprint density at radius 3 is 2.50 bits per heavy atom. The number of piperazine rings is 1. The molecule has 3 heterocycles. The van der Waals surface area contributed by atoms with E-state index in [1.165, 1.54) is 24.5 Å². The van der Waals surface area contributed by atoms with Crippen LogP contribution >= 0.6 is 0 Å². The standard InChI is InChI=1S/C30H34FN5O4/c31-25-10-13-26(14-11-25)39-27(12-9-23-6-2-1-3-7-23)22-35-15-17-36(18-16-35)30-32-20-24(21-33-30)29(37)34-40-28-8-4-5-19-38-28/h1-3,6-7,9-14,20-21,27-28H,4-5,8,15-19,22H2,(H,34,37). The van der Waals surface area contributed by atoms with Crippen molar-refractivity contribution < 1.29 is 23.5 Å². The summed E-state index contributed by atoms with van der Waals surface area (Å²) in [7, 11) is 0. The highest BCUT2D eigenvalue weighted by molar-refractivity contribution is 5.92. The summed E-state index contributed by atoms with van der Waals surface area (Å²) in [5.74, 6) is 0.507. The minimum absolute atomic E-state index is 0.215. The van der Waals surface area contributed by atoms with Gasteiger partial charge in [-0.1, -0.05) is 36.4 Å². The van der Waals surface area contributed by atoms with E-state index in [4.69, 9.17) is 14.3 Å². The molecule has 1 aromatic heterocycles. The van der Waals surface area contributed by atoms with Gasteiger partial charge in [0.1, 0.15) is 17.7 Å². The molecule has 0 bridgehead atoms. The summed E-state index contributed by atoms with van der Waals surface area (Å²) in [6, 6.07) is 16.2. The number of hydrogen-bond acceptors (Lipinski definition) is 8. The lowest BCUT2D eigenvalue weighted by atomic mass is 10.1. The van der Waals surface area contributed by atoms with Crippen LogP contribution in [0.25, 0.3) is 6.08 Å². The number of nitrogens with zero attached hydrogens (tertiary/aromatic N) is 4. The highest BCUT2D eigenvalue weighted by Gasteiger charge is 2.22. The first-order valence-electron chi connectivity index (χ1n) is 13.6. The van der Waals surface area contributed by atoms with Gasteiger partial charge >= 0.3 is 0 Å². The summed E-state index contributed by atoms with van der Waals surface area (Å²) < 4.78 is 25.1. The van der Waals surface area contributed by atoms with Gasteiger partial charge in [0.05, 0.1) is 5.56 Å². The first-order valence-corrected chi connectivity index (χ1v) is 13.6. The third-order valence-corrected chi connectivity index (χ3v) is 6.82. The van der Waals surface area contributed by atoms with Gasteiger partial charge < -0.3 is 14.4 Å². The van der Waals surface area contributed by atoms with Crippen molar-refractivity contribution in [3.8, 4) is 5.75 Å². The SMILES string of the molecule is O=C(NOC1CCCCO1)c1cnc(N2CCN(CC(C=Cc3ccccc3)Oc3ccc(F)cc3)CC2)nc1. The van der Waals surface area contributed by atoms with Gasteiger partial charge in [0.25, 0.3) is 5.91 Å². The van der Waals surface area contributed by atoms with Crippen LogP contribution in [0.4, 0.5) is 10.3 Å². The molecule has 1 N–H and O–H groups in total. The molecule has 40 heavy (non-hydrogen) atoms. The van der Waals surface area contributed by atoms with E-state index < -0.39 is 12.2 Å². The summed E-state index contributed by atoms with van der Waals surface area (Å²) in [6.45, 7) is 4.38. The zero-order valence-corrected chi connectivity index (χ0v) is 22.3. The van der Waals surface area contributed by atoms with Crippen LogP contribution in [0.2, 0.25) is 0 Å². The fraction of sp³-hybridized carbons (Fsp3) is 0.367. The number of anilines is 1. The smallest absolute Gasteiger partial charge is 0.278 e. The summed E-state index contributed by atoms with van der Waals surface area (Å²) in [6.07, 6.45) is 9.25. The maximum absolute atomic E-state index is 13.4. The van der Waals surface area contributed by atoms with E-state index in [0.29, 0.717) is 30.4 Å². The molecule has 210 valence electrons. The molecule has 0 spiro atoms. The quantitative estimate of drug-likeness (QED) is 0.380. The third kappa shape index (κ3) is 8.08. The number of nitrogens with one attached hydrogen (secondary N) is 1. The number of carbonyl (C=O) groups excluding carboxylic acids is 1. The molecule has 2 fully saturated rings. The van der Waals surface area contributed by atoms with Crippen LogP contribution in [0, 0.1) is 5.82 Å². The van der Waals surface area contributed by atoms with Crippen molar-refractivity contribution in [2.45, 2.75) is 31.7 Å². The van der Waals surface area contributed by atoms with E-state index in [2.05, 4.69) is 25.2 Å². The van der Waals surface area contributed by atoms with E-state index >= 15 is 0 Å². The van der Waals surface area contributed by atoms with Crippen LogP contribution < -0.4 is 15.1 Å². The minimum atomic E-state index is -0.413. The zero-order chi connectivity index (χ0) is 27.6. The van der Waals surface area contributed by atoms with Gasteiger partial charge in [-0.25, -0.2) is 24.7 Å². The molecular formula is C30H34FN5O4. The number of halogens is 1. The Hall–Kier alpha value is -3.86. The molecular weight excluding hydrogens is 513 g/mol. The number of carbonyl (C=O) groups is 1. The molecule has 1 amide bonds. The number of aromatic nitrogens is 2. The Morgan fingerprint density at radius 2 is 1.80 bits per heavy atom. The normalized spacial score (nSPS) is 18.9. The molecule has 2 saturated heterocycles. The van der Waals surface area contributed by atoms with Gasteiger partial charge in [-0.3, -0.25) is 9.69 Å². The second-order valence-electron chi connectivity index (χ2n) is 9.78. The Morgan fingerprint density at radius 1 is 1.05 bits per heavy atom. The lowest BCUT2D eigenvalue weighted by Crippen LogP contribution is -2.49. The number of ether oxygens (including phenoxy) is 2. The predicted molar refractivity (Wildman–Crippen MR) is 149 cm³/mol. The van der Waals surface area contributed by atoms with Crippen LogP contribution in [0.1, 0.15) is 35.2 Å². The van der Waals surface area contributed by atoms with Gasteiger partial charge in [-0.05, 0) is 48.7 Å². The highest BCUT2D eigenvalue weighted by atomic mass is 19.1. The number of amides is 1. The molecule has 9 nitrogen and oxygen atoms in total. The first-order chi connectivity index (χ1) is 19.6. The molecule has 2 aromatic carbocycles. The highest BCUT2D eigenvalue weighted by Crippen LogP contribution is 2.17. The molecule has 0 saturated carbocycles. The van der Waals surface area contributed by atoms with Crippen LogP contribution in [0.15, 0.2) is 73.1 Å². The summed E-state index contributed by atoms with van der Waals surface area (Å²) in [5.41, 5.74) is 3.84.